The zero-order chi connectivity index (χ0) is 19.9. The van der Waals surface area contributed by atoms with Gasteiger partial charge >= 0.3 is 11.8 Å². The molecular weight excluding hydrogens is 356 g/mol. The van der Waals surface area contributed by atoms with Gasteiger partial charge in [-0.3, -0.25) is 9.59 Å². The van der Waals surface area contributed by atoms with Crippen LogP contribution in [-0.4, -0.2) is 30.6 Å². The molecule has 0 bridgehead atoms. The molecule has 0 aliphatic carbocycles. The molecule has 144 valence electrons. The van der Waals surface area contributed by atoms with Crippen molar-refractivity contribution in [3.8, 4) is 5.75 Å². The molecule has 2 amide bonds. The van der Waals surface area contributed by atoms with E-state index < -0.39 is 17.9 Å². The van der Waals surface area contributed by atoms with Crippen LogP contribution in [0.2, 0.25) is 0 Å². The summed E-state index contributed by atoms with van der Waals surface area (Å²) < 4.78 is 5.13. The Kier molecular flexibility index (Phi) is 6.24. The first-order valence-electron chi connectivity index (χ1n) is 8.93. The Bertz CT molecular complexity index is 982. The number of ether oxygens (including phenoxy) is 1. The number of fused-ring (bicyclic) bond motifs is 1. The minimum absolute atomic E-state index is 0.0561. The van der Waals surface area contributed by atoms with Gasteiger partial charge in [0.1, 0.15) is 5.75 Å². The van der Waals surface area contributed by atoms with Gasteiger partial charge in [0.15, 0.2) is 0 Å². The van der Waals surface area contributed by atoms with E-state index in [0.29, 0.717) is 11.3 Å². The summed E-state index contributed by atoms with van der Waals surface area (Å²) >= 11 is 0. The van der Waals surface area contributed by atoms with Gasteiger partial charge in [0, 0.05) is 13.1 Å². The predicted octanol–water partition coefficient (Wildman–Crippen LogP) is 2.31. The fourth-order valence-corrected chi connectivity index (χ4v) is 2.97. The van der Waals surface area contributed by atoms with E-state index >= 15 is 0 Å². The molecule has 0 aliphatic rings. The van der Waals surface area contributed by atoms with Crippen LogP contribution in [0.5, 0.6) is 5.75 Å². The maximum atomic E-state index is 12.0. The predicted molar refractivity (Wildman–Crippen MR) is 107 cm³/mol. The van der Waals surface area contributed by atoms with Gasteiger partial charge in [0.05, 0.1) is 13.2 Å². The number of rotatable bonds is 6. The van der Waals surface area contributed by atoms with E-state index in [2.05, 4.69) is 10.6 Å². The number of hydrogen-bond acceptors (Lipinski definition) is 4. The molecule has 0 radical (unpaired) electrons. The SMILES string of the molecule is COc1cccc(CNC(=O)C(=O)NC[C@H](O)c2cccc3ccccc23)c1. The topological polar surface area (TPSA) is 87.7 Å². The van der Waals surface area contributed by atoms with Crippen LogP contribution in [0.4, 0.5) is 0 Å². The Balaban J connectivity index is 1.54. The van der Waals surface area contributed by atoms with Crippen molar-refractivity contribution in [2.45, 2.75) is 12.6 Å². The molecule has 0 saturated carbocycles. The number of aliphatic hydroxyl groups excluding tert-OH is 1. The van der Waals surface area contributed by atoms with E-state index in [1.54, 1.807) is 25.3 Å². The van der Waals surface area contributed by atoms with E-state index in [4.69, 9.17) is 4.74 Å². The van der Waals surface area contributed by atoms with Crippen LogP contribution >= 0.6 is 0 Å². The second-order valence-electron chi connectivity index (χ2n) is 6.33. The van der Waals surface area contributed by atoms with Crippen LogP contribution in [0.1, 0.15) is 17.2 Å². The van der Waals surface area contributed by atoms with E-state index in [1.165, 1.54) is 0 Å². The number of carbonyl (C=O) groups excluding carboxylic acids is 2. The zero-order valence-electron chi connectivity index (χ0n) is 15.5. The second-order valence-corrected chi connectivity index (χ2v) is 6.33. The third kappa shape index (κ3) is 4.66. The molecule has 3 rings (SSSR count). The summed E-state index contributed by atoms with van der Waals surface area (Å²) in [5.41, 5.74) is 1.52. The van der Waals surface area contributed by atoms with Crippen molar-refractivity contribution in [1.82, 2.24) is 10.6 Å². The van der Waals surface area contributed by atoms with E-state index in [-0.39, 0.29) is 13.1 Å². The van der Waals surface area contributed by atoms with Crippen molar-refractivity contribution >= 4 is 22.6 Å². The summed E-state index contributed by atoms with van der Waals surface area (Å²) in [4.78, 5) is 24.0. The normalized spacial score (nSPS) is 11.6. The van der Waals surface area contributed by atoms with Gasteiger partial charge in [-0.25, -0.2) is 0 Å². The number of carbonyl (C=O) groups is 2. The van der Waals surface area contributed by atoms with Crippen molar-refractivity contribution in [2.75, 3.05) is 13.7 Å². The van der Waals surface area contributed by atoms with Crippen molar-refractivity contribution in [3.05, 3.63) is 77.9 Å². The van der Waals surface area contributed by atoms with Crippen LogP contribution in [-0.2, 0) is 16.1 Å². The maximum Gasteiger partial charge on any atom is 0.309 e. The molecule has 0 fully saturated rings. The molecule has 6 nitrogen and oxygen atoms in total. The number of methoxy groups -OCH3 is 1. The van der Waals surface area contributed by atoms with Gasteiger partial charge < -0.3 is 20.5 Å². The van der Waals surface area contributed by atoms with Gasteiger partial charge in [-0.05, 0) is 34.0 Å². The summed E-state index contributed by atoms with van der Waals surface area (Å²) in [5.74, 6) is -0.871. The molecule has 28 heavy (non-hydrogen) atoms. The average molecular weight is 378 g/mol. The molecule has 0 spiro atoms. The van der Waals surface area contributed by atoms with Crippen LogP contribution < -0.4 is 15.4 Å². The third-order valence-electron chi connectivity index (χ3n) is 4.43. The summed E-state index contributed by atoms with van der Waals surface area (Å²) in [6.45, 7) is 0.148. The Labute approximate surface area is 163 Å². The molecule has 0 aliphatic heterocycles. The maximum absolute atomic E-state index is 12.0. The lowest BCUT2D eigenvalue weighted by atomic mass is 10.0. The molecule has 0 saturated heterocycles. The van der Waals surface area contributed by atoms with Crippen LogP contribution in [0.15, 0.2) is 66.7 Å². The Morgan fingerprint density at radius 3 is 2.50 bits per heavy atom. The van der Waals surface area contributed by atoms with Crippen molar-refractivity contribution in [3.63, 3.8) is 0 Å². The average Bonchev–Trinajstić information content (AvgIpc) is 2.75. The number of benzene rings is 3. The molecule has 0 unspecified atom stereocenters. The van der Waals surface area contributed by atoms with Crippen LogP contribution in [0.3, 0.4) is 0 Å². The smallest absolute Gasteiger partial charge is 0.309 e. The fourth-order valence-electron chi connectivity index (χ4n) is 2.97. The van der Waals surface area contributed by atoms with Gasteiger partial charge in [-0.15, -0.1) is 0 Å². The summed E-state index contributed by atoms with van der Waals surface area (Å²) in [6, 6.07) is 20.5. The number of aliphatic hydroxyl groups is 1. The Morgan fingerprint density at radius 1 is 0.964 bits per heavy atom. The lowest BCUT2D eigenvalue weighted by molar-refractivity contribution is -0.139. The molecule has 0 heterocycles. The van der Waals surface area contributed by atoms with Gasteiger partial charge in [0.2, 0.25) is 0 Å². The number of hydrogen-bond donors (Lipinski definition) is 3. The first-order valence-corrected chi connectivity index (χ1v) is 8.93. The molecular formula is C22H22N2O4. The lowest BCUT2D eigenvalue weighted by Crippen LogP contribution is -2.41. The molecule has 6 heteroatoms. The van der Waals surface area contributed by atoms with Gasteiger partial charge in [-0.2, -0.15) is 0 Å². The minimum Gasteiger partial charge on any atom is -0.497 e. The highest BCUT2D eigenvalue weighted by Gasteiger charge is 2.16. The Morgan fingerprint density at radius 2 is 1.68 bits per heavy atom. The monoisotopic (exact) mass is 378 g/mol. The van der Waals surface area contributed by atoms with Crippen LogP contribution in [0, 0.1) is 0 Å². The molecule has 3 N–H and O–H groups in total. The highest BCUT2D eigenvalue weighted by molar-refractivity contribution is 6.35. The van der Waals surface area contributed by atoms with E-state index in [1.807, 2.05) is 48.5 Å². The first-order chi connectivity index (χ1) is 13.6. The van der Waals surface area contributed by atoms with Crippen molar-refractivity contribution in [1.29, 1.82) is 0 Å². The quantitative estimate of drug-likeness (QED) is 0.575. The largest absolute Gasteiger partial charge is 0.497 e. The standard InChI is InChI=1S/C22H22N2O4/c1-28-17-9-4-6-15(12-17)13-23-21(26)22(27)24-14-20(25)19-11-5-8-16-7-2-3-10-18(16)19/h2-12,20,25H,13-14H2,1H3,(H,23,26)(H,24,27)/t20-/m0/s1. The zero-order valence-corrected chi connectivity index (χ0v) is 15.5. The molecule has 3 aromatic rings. The fraction of sp³-hybridized carbons (Fsp3) is 0.182. The highest BCUT2D eigenvalue weighted by Crippen LogP contribution is 2.23. The first kappa shape index (κ1) is 19.4. The molecule has 3 aromatic carbocycles. The van der Waals surface area contributed by atoms with Gasteiger partial charge in [-0.1, -0.05) is 54.6 Å². The van der Waals surface area contributed by atoms with E-state index in [0.717, 1.165) is 16.3 Å². The van der Waals surface area contributed by atoms with Crippen molar-refractivity contribution < 1.29 is 19.4 Å². The van der Waals surface area contributed by atoms with E-state index in [9.17, 15) is 14.7 Å². The van der Waals surface area contributed by atoms with Crippen LogP contribution in [0.25, 0.3) is 10.8 Å². The number of amides is 2. The molecule has 0 aromatic heterocycles. The summed E-state index contributed by atoms with van der Waals surface area (Å²) in [7, 11) is 1.56. The molecule has 1 atom stereocenters. The Hall–Kier alpha value is -3.38. The number of nitrogens with one attached hydrogen (secondary N) is 2. The minimum atomic E-state index is -0.916. The highest BCUT2D eigenvalue weighted by atomic mass is 16.5. The summed E-state index contributed by atoms with van der Waals surface area (Å²) in [6.07, 6.45) is -0.916. The van der Waals surface area contributed by atoms with Gasteiger partial charge in [0.25, 0.3) is 0 Å². The third-order valence-corrected chi connectivity index (χ3v) is 4.43. The van der Waals surface area contributed by atoms with Crippen molar-refractivity contribution in [2.24, 2.45) is 0 Å². The second kappa shape index (κ2) is 9.01. The summed E-state index contributed by atoms with van der Waals surface area (Å²) in [5, 5.41) is 17.4. The lowest BCUT2D eigenvalue weighted by Gasteiger charge is -2.14.